The van der Waals surface area contributed by atoms with E-state index in [0.29, 0.717) is 0 Å². The lowest BCUT2D eigenvalue weighted by Gasteiger charge is -2.15. The van der Waals surface area contributed by atoms with Gasteiger partial charge in [0.2, 0.25) is 0 Å². The van der Waals surface area contributed by atoms with Crippen LogP contribution in [0.1, 0.15) is 44.2 Å². The van der Waals surface area contributed by atoms with E-state index in [1.165, 1.54) is 55.1 Å². The molecule has 1 aromatic heterocycles. The summed E-state index contributed by atoms with van der Waals surface area (Å²) in [6.45, 7) is 0.972. The van der Waals surface area contributed by atoms with Gasteiger partial charge in [0.25, 0.3) is 0 Å². The van der Waals surface area contributed by atoms with Crippen LogP contribution in [0.25, 0.3) is 10.9 Å². The van der Waals surface area contributed by atoms with E-state index in [2.05, 4.69) is 40.6 Å². The van der Waals surface area contributed by atoms with Crippen LogP contribution in [0.4, 0.5) is 0 Å². The Morgan fingerprint density at radius 1 is 1.06 bits per heavy atom. The normalized spacial score (nSPS) is 18.0. The average Bonchev–Trinajstić information content (AvgIpc) is 2.63. The first kappa shape index (κ1) is 11.8. The minimum Gasteiger partial charge on any atom is -0.357 e. The van der Waals surface area contributed by atoms with Crippen LogP contribution in [0.5, 0.6) is 0 Å². The number of rotatable bonds is 3. The number of benzene rings is 1. The minimum absolute atomic E-state index is 0.721. The van der Waals surface area contributed by atoms with Crippen LogP contribution < -0.4 is 5.32 Å². The van der Waals surface area contributed by atoms with E-state index in [1.807, 2.05) is 0 Å². The standard InChI is InChI=1S/C16H22N2/c1-2-4-9-14(8-3-1)17-12-15-11-13-7-5-6-10-16(13)18-15/h5-7,10-11,14,17-18H,1-4,8-9,12H2. The number of hydrogen-bond acceptors (Lipinski definition) is 1. The van der Waals surface area contributed by atoms with Crippen molar-refractivity contribution < 1.29 is 0 Å². The van der Waals surface area contributed by atoms with E-state index in [1.54, 1.807) is 0 Å². The third-order valence-electron chi connectivity index (χ3n) is 4.02. The summed E-state index contributed by atoms with van der Waals surface area (Å²) in [6, 6.07) is 11.5. The molecule has 0 aliphatic heterocycles. The number of fused-ring (bicyclic) bond motifs is 1. The molecule has 18 heavy (non-hydrogen) atoms. The molecule has 0 unspecified atom stereocenters. The highest BCUT2D eigenvalue weighted by molar-refractivity contribution is 5.80. The van der Waals surface area contributed by atoms with Crippen LogP contribution in [-0.4, -0.2) is 11.0 Å². The fourth-order valence-corrected chi connectivity index (χ4v) is 2.97. The molecule has 0 amide bonds. The molecular weight excluding hydrogens is 220 g/mol. The highest BCUT2D eigenvalue weighted by atomic mass is 14.9. The highest BCUT2D eigenvalue weighted by Crippen LogP contribution is 2.18. The van der Waals surface area contributed by atoms with Gasteiger partial charge in [-0.25, -0.2) is 0 Å². The predicted molar refractivity (Wildman–Crippen MR) is 76.6 cm³/mol. The molecule has 0 atom stereocenters. The van der Waals surface area contributed by atoms with Crippen molar-refractivity contribution in [3.8, 4) is 0 Å². The van der Waals surface area contributed by atoms with E-state index in [9.17, 15) is 0 Å². The fourth-order valence-electron chi connectivity index (χ4n) is 2.97. The molecule has 0 radical (unpaired) electrons. The highest BCUT2D eigenvalue weighted by Gasteiger charge is 2.11. The molecule has 2 aromatic rings. The summed E-state index contributed by atoms with van der Waals surface area (Å²) in [4.78, 5) is 3.49. The van der Waals surface area contributed by atoms with Crippen LogP contribution in [0.2, 0.25) is 0 Å². The van der Waals surface area contributed by atoms with E-state index in [4.69, 9.17) is 0 Å². The van der Waals surface area contributed by atoms with Crippen LogP contribution in [0.15, 0.2) is 30.3 Å². The van der Waals surface area contributed by atoms with Crippen molar-refractivity contribution in [1.82, 2.24) is 10.3 Å². The monoisotopic (exact) mass is 242 g/mol. The van der Waals surface area contributed by atoms with E-state index in [0.717, 1.165) is 12.6 Å². The summed E-state index contributed by atoms with van der Waals surface area (Å²) in [7, 11) is 0. The van der Waals surface area contributed by atoms with Gasteiger partial charge in [-0.1, -0.05) is 43.9 Å². The molecule has 1 aromatic carbocycles. The van der Waals surface area contributed by atoms with Crippen LogP contribution in [0, 0.1) is 0 Å². The third kappa shape index (κ3) is 2.75. The molecule has 0 spiro atoms. The number of hydrogen-bond donors (Lipinski definition) is 2. The van der Waals surface area contributed by atoms with Gasteiger partial charge < -0.3 is 10.3 Å². The number of para-hydroxylation sites is 1. The second-order valence-corrected chi connectivity index (χ2v) is 5.45. The minimum atomic E-state index is 0.721. The molecule has 96 valence electrons. The summed E-state index contributed by atoms with van der Waals surface area (Å²) in [5.41, 5.74) is 2.55. The van der Waals surface area contributed by atoms with Crippen molar-refractivity contribution in [2.45, 2.75) is 51.1 Å². The lowest BCUT2D eigenvalue weighted by Crippen LogP contribution is -2.27. The van der Waals surface area contributed by atoms with Gasteiger partial charge in [0, 0.05) is 23.8 Å². The van der Waals surface area contributed by atoms with Crippen molar-refractivity contribution in [3.05, 3.63) is 36.0 Å². The smallest absolute Gasteiger partial charge is 0.0456 e. The number of H-pyrrole nitrogens is 1. The summed E-state index contributed by atoms with van der Waals surface area (Å²) in [6.07, 6.45) is 8.32. The first-order chi connectivity index (χ1) is 8.92. The number of nitrogens with one attached hydrogen (secondary N) is 2. The summed E-state index contributed by atoms with van der Waals surface area (Å²) >= 11 is 0. The molecule has 2 heteroatoms. The van der Waals surface area contributed by atoms with Gasteiger partial charge in [0.05, 0.1) is 0 Å². The Morgan fingerprint density at radius 3 is 2.61 bits per heavy atom. The van der Waals surface area contributed by atoms with Crippen LogP contribution in [-0.2, 0) is 6.54 Å². The van der Waals surface area contributed by atoms with E-state index < -0.39 is 0 Å². The maximum atomic E-state index is 3.71. The van der Waals surface area contributed by atoms with E-state index >= 15 is 0 Å². The SMILES string of the molecule is c1ccc2[nH]c(CNC3CCCCCC3)cc2c1. The van der Waals surface area contributed by atoms with Gasteiger partial charge in [-0.3, -0.25) is 0 Å². The van der Waals surface area contributed by atoms with Gasteiger partial charge in [0.1, 0.15) is 0 Å². The largest absolute Gasteiger partial charge is 0.357 e. The zero-order chi connectivity index (χ0) is 12.2. The molecule has 0 saturated heterocycles. The molecule has 1 aliphatic carbocycles. The maximum absolute atomic E-state index is 3.71. The van der Waals surface area contributed by atoms with Crippen LogP contribution in [0.3, 0.4) is 0 Å². The molecule has 2 N–H and O–H groups in total. The Balaban J connectivity index is 1.61. The summed E-state index contributed by atoms with van der Waals surface area (Å²) in [5.74, 6) is 0. The Morgan fingerprint density at radius 2 is 1.83 bits per heavy atom. The Bertz CT molecular complexity index is 460. The first-order valence-electron chi connectivity index (χ1n) is 7.22. The summed E-state index contributed by atoms with van der Waals surface area (Å²) in [5, 5.41) is 5.02. The maximum Gasteiger partial charge on any atom is 0.0456 e. The second-order valence-electron chi connectivity index (χ2n) is 5.45. The Labute approximate surface area is 109 Å². The topological polar surface area (TPSA) is 27.8 Å². The van der Waals surface area contributed by atoms with Gasteiger partial charge in [-0.2, -0.15) is 0 Å². The molecule has 2 nitrogen and oxygen atoms in total. The van der Waals surface area contributed by atoms with Gasteiger partial charge in [-0.15, -0.1) is 0 Å². The molecule has 3 rings (SSSR count). The lowest BCUT2D eigenvalue weighted by molar-refractivity contribution is 0.457. The van der Waals surface area contributed by atoms with Gasteiger partial charge in [-0.05, 0) is 30.4 Å². The Hall–Kier alpha value is -1.28. The van der Waals surface area contributed by atoms with Crippen molar-refractivity contribution in [2.24, 2.45) is 0 Å². The molecule has 1 saturated carbocycles. The van der Waals surface area contributed by atoms with Gasteiger partial charge >= 0.3 is 0 Å². The molecular formula is C16H22N2. The molecule has 1 fully saturated rings. The Kier molecular flexibility index (Phi) is 3.65. The second kappa shape index (κ2) is 5.57. The van der Waals surface area contributed by atoms with Crippen molar-refractivity contribution >= 4 is 10.9 Å². The van der Waals surface area contributed by atoms with Crippen molar-refractivity contribution in [2.75, 3.05) is 0 Å². The first-order valence-corrected chi connectivity index (χ1v) is 7.22. The van der Waals surface area contributed by atoms with Crippen molar-refractivity contribution in [3.63, 3.8) is 0 Å². The van der Waals surface area contributed by atoms with Crippen LogP contribution >= 0.6 is 0 Å². The zero-order valence-corrected chi connectivity index (χ0v) is 10.9. The zero-order valence-electron chi connectivity index (χ0n) is 10.9. The average molecular weight is 242 g/mol. The van der Waals surface area contributed by atoms with Crippen molar-refractivity contribution in [1.29, 1.82) is 0 Å². The third-order valence-corrected chi connectivity index (χ3v) is 4.02. The molecule has 1 heterocycles. The number of aromatic amines is 1. The molecule has 0 bridgehead atoms. The predicted octanol–water partition coefficient (Wildman–Crippen LogP) is 3.98. The molecule has 1 aliphatic rings. The van der Waals surface area contributed by atoms with E-state index in [-0.39, 0.29) is 0 Å². The quantitative estimate of drug-likeness (QED) is 0.783. The lowest BCUT2D eigenvalue weighted by atomic mass is 10.1. The van der Waals surface area contributed by atoms with Gasteiger partial charge in [0.15, 0.2) is 0 Å². The number of aromatic nitrogens is 1. The fraction of sp³-hybridized carbons (Fsp3) is 0.500. The summed E-state index contributed by atoms with van der Waals surface area (Å²) < 4.78 is 0.